The van der Waals surface area contributed by atoms with Crippen LogP contribution in [0.15, 0.2) is 73.1 Å². The summed E-state index contributed by atoms with van der Waals surface area (Å²) in [5.41, 5.74) is 2.29. The topological polar surface area (TPSA) is 108 Å². The van der Waals surface area contributed by atoms with Crippen molar-refractivity contribution in [3.8, 4) is 5.69 Å². The van der Waals surface area contributed by atoms with Crippen LogP contribution >= 0.6 is 0 Å². The number of nitrogens with one attached hydrogen (secondary N) is 1. The maximum absolute atomic E-state index is 15.1. The summed E-state index contributed by atoms with van der Waals surface area (Å²) in [5, 5.41) is 27.1. The van der Waals surface area contributed by atoms with Crippen LogP contribution in [0, 0.1) is 0 Å². The van der Waals surface area contributed by atoms with E-state index in [4.69, 9.17) is 0 Å². The number of alkyl halides is 1. The van der Waals surface area contributed by atoms with Crippen molar-refractivity contribution in [3.05, 3.63) is 84.2 Å². The Morgan fingerprint density at radius 1 is 1.15 bits per heavy atom. The zero-order valence-electron chi connectivity index (χ0n) is 18.7. The summed E-state index contributed by atoms with van der Waals surface area (Å²) in [5.74, 6) is -6.29. The molecular weight excluding hydrogens is 439 g/mol. The van der Waals surface area contributed by atoms with Crippen molar-refractivity contribution in [2.75, 3.05) is 6.54 Å². The summed E-state index contributed by atoms with van der Waals surface area (Å²) in [6, 6.07) is 17.0. The number of hydrogen-bond acceptors (Lipinski definition) is 5. The molecule has 3 aromatic rings. The SMILES string of the molecule is C[C@@H](NC(=O)[C@@](O)(F)[C@@H](O)C(=O)N1CCCC1c1ccccc1)c1ccc(-n2cccn2)cc1. The van der Waals surface area contributed by atoms with Gasteiger partial charge in [-0.2, -0.15) is 9.49 Å². The van der Waals surface area contributed by atoms with Crippen molar-refractivity contribution in [2.24, 2.45) is 0 Å². The highest BCUT2D eigenvalue weighted by molar-refractivity contribution is 5.93. The van der Waals surface area contributed by atoms with E-state index in [2.05, 4.69) is 10.4 Å². The molecule has 2 aromatic carbocycles. The van der Waals surface area contributed by atoms with Crippen molar-refractivity contribution < 1.29 is 24.2 Å². The van der Waals surface area contributed by atoms with Crippen LogP contribution in [0.5, 0.6) is 0 Å². The molecule has 2 amide bonds. The molecule has 1 aliphatic heterocycles. The third-order valence-corrected chi connectivity index (χ3v) is 6.14. The van der Waals surface area contributed by atoms with Gasteiger partial charge in [0.15, 0.2) is 0 Å². The maximum atomic E-state index is 15.1. The van der Waals surface area contributed by atoms with Crippen molar-refractivity contribution in [3.63, 3.8) is 0 Å². The number of nitrogens with zero attached hydrogens (tertiary/aromatic N) is 3. The summed E-state index contributed by atoms with van der Waals surface area (Å²) >= 11 is 0. The first-order valence-electron chi connectivity index (χ1n) is 11.1. The molecule has 4 atom stereocenters. The lowest BCUT2D eigenvalue weighted by molar-refractivity contribution is -0.196. The number of aliphatic hydroxyl groups excluding tert-OH is 1. The highest BCUT2D eigenvalue weighted by Crippen LogP contribution is 2.33. The Morgan fingerprint density at radius 2 is 1.85 bits per heavy atom. The third-order valence-electron chi connectivity index (χ3n) is 6.14. The normalized spacial score (nSPS) is 19.3. The van der Waals surface area contributed by atoms with Gasteiger partial charge in [-0.25, -0.2) is 4.68 Å². The average molecular weight is 467 g/mol. The molecule has 3 N–H and O–H groups in total. The quantitative estimate of drug-likeness (QED) is 0.496. The Morgan fingerprint density at radius 3 is 2.50 bits per heavy atom. The highest BCUT2D eigenvalue weighted by atomic mass is 19.2. The molecule has 1 saturated heterocycles. The minimum absolute atomic E-state index is 0.298. The van der Waals surface area contributed by atoms with Gasteiger partial charge in [-0.1, -0.05) is 42.5 Å². The second-order valence-electron chi connectivity index (χ2n) is 8.41. The Hall–Kier alpha value is -3.56. The van der Waals surface area contributed by atoms with E-state index in [9.17, 15) is 19.8 Å². The number of aromatic nitrogens is 2. The number of rotatable bonds is 7. The number of amides is 2. The van der Waals surface area contributed by atoms with E-state index in [1.807, 2.05) is 30.3 Å². The van der Waals surface area contributed by atoms with Gasteiger partial charge in [-0.15, -0.1) is 0 Å². The third kappa shape index (κ3) is 4.71. The van der Waals surface area contributed by atoms with Crippen LogP contribution in [0.1, 0.15) is 43.0 Å². The first kappa shape index (κ1) is 23.6. The van der Waals surface area contributed by atoms with Crippen LogP contribution in [-0.2, 0) is 9.59 Å². The van der Waals surface area contributed by atoms with Crippen LogP contribution < -0.4 is 5.32 Å². The van der Waals surface area contributed by atoms with Gasteiger partial charge in [0, 0.05) is 18.9 Å². The van der Waals surface area contributed by atoms with E-state index < -0.39 is 29.8 Å². The number of aliphatic hydroxyl groups is 2. The second-order valence-corrected chi connectivity index (χ2v) is 8.41. The fraction of sp³-hybridized carbons (Fsp3) is 0.320. The smallest absolute Gasteiger partial charge is 0.321 e. The molecule has 178 valence electrons. The van der Waals surface area contributed by atoms with E-state index in [0.29, 0.717) is 24.9 Å². The van der Waals surface area contributed by atoms with E-state index >= 15 is 4.39 Å². The molecule has 0 spiro atoms. The Labute approximate surface area is 196 Å². The molecule has 1 unspecified atom stereocenters. The number of likely N-dealkylation sites (tertiary alicyclic amines) is 1. The van der Waals surface area contributed by atoms with Crippen LogP contribution in [0.4, 0.5) is 4.39 Å². The lowest BCUT2D eigenvalue weighted by Gasteiger charge is -2.31. The summed E-state index contributed by atoms with van der Waals surface area (Å²) < 4.78 is 16.7. The fourth-order valence-electron chi connectivity index (χ4n) is 4.22. The Bertz CT molecular complexity index is 1120. The summed E-state index contributed by atoms with van der Waals surface area (Å²) in [7, 11) is 0. The van der Waals surface area contributed by atoms with E-state index in [-0.39, 0.29) is 6.04 Å². The van der Waals surface area contributed by atoms with Crippen LogP contribution in [0.3, 0.4) is 0 Å². The van der Waals surface area contributed by atoms with Gasteiger partial charge in [0.2, 0.25) is 6.10 Å². The molecule has 2 heterocycles. The predicted octanol–water partition coefficient (Wildman–Crippen LogP) is 2.43. The monoisotopic (exact) mass is 466 g/mol. The van der Waals surface area contributed by atoms with E-state index in [1.54, 1.807) is 54.3 Å². The van der Waals surface area contributed by atoms with Crippen LogP contribution in [0.2, 0.25) is 0 Å². The van der Waals surface area contributed by atoms with Crippen LogP contribution in [0.25, 0.3) is 5.69 Å². The number of halogens is 1. The minimum atomic E-state index is -3.79. The summed E-state index contributed by atoms with van der Waals surface area (Å²) in [4.78, 5) is 26.7. The number of hydrogen-bond donors (Lipinski definition) is 3. The second kappa shape index (κ2) is 9.74. The minimum Gasteiger partial charge on any atom is -0.378 e. The zero-order chi connectivity index (χ0) is 24.3. The maximum Gasteiger partial charge on any atom is 0.321 e. The largest absolute Gasteiger partial charge is 0.378 e. The lowest BCUT2D eigenvalue weighted by Crippen LogP contribution is -2.58. The van der Waals surface area contributed by atoms with Gasteiger partial charge >= 0.3 is 5.85 Å². The number of carbonyl (C=O) groups is 2. The molecular formula is C25H27FN4O4. The number of carbonyl (C=O) groups excluding carboxylic acids is 2. The molecule has 1 aliphatic rings. The van der Waals surface area contributed by atoms with Crippen molar-refractivity contribution in [1.29, 1.82) is 0 Å². The molecule has 0 aliphatic carbocycles. The summed E-state index contributed by atoms with van der Waals surface area (Å²) in [6.07, 6.45) is 2.19. The fourth-order valence-corrected chi connectivity index (χ4v) is 4.22. The highest BCUT2D eigenvalue weighted by Gasteiger charge is 2.51. The Balaban J connectivity index is 1.42. The van der Waals surface area contributed by atoms with E-state index in [1.165, 1.54) is 4.90 Å². The van der Waals surface area contributed by atoms with Crippen molar-refractivity contribution in [1.82, 2.24) is 20.0 Å². The average Bonchev–Trinajstić information content (AvgIpc) is 3.56. The van der Waals surface area contributed by atoms with Crippen molar-refractivity contribution >= 4 is 11.8 Å². The zero-order valence-corrected chi connectivity index (χ0v) is 18.7. The lowest BCUT2D eigenvalue weighted by atomic mass is 10.0. The number of benzene rings is 2. The molecule has 1 aromatic heterocycles. The first-order chi connectivity index (χ1) is 16.3. The van der Waals surface area contributed by atoms with E-state index in [0.717, 1.165) is 11.3 Å². The van der Waals surface area contributed by atoms with Gasteiger partial charge in [-0.3, -0.25) is 9.59 Å². The molecule has 4 rings (SSSR count). The van der Waals surface area contributed by atoms with Crippen molar-refractivity contribution in [2.45, 2.75) is 43.8 Å². The molecule has 34 heavy (non-hydrogen) atoms. The standard InChI is InChI=1S/C25H27FN4O4/c1-17(18-10-12-20(13-11-18)30-16-6-14-27-30)28-24(33)25(26,34)22(31)23(32)29-15-5-9-21(29)19-7-3-2-4-8-19/h2-4,6-8,10-14,16-17,21-22,31,34H,5,9,15H2,1H3,(H,28,33)/t17-,21?,22+,25-/m1/s1. The summed E-state index contributed by atoms with van der Waals surface area (Å²) in [6.45, 7) is 1.91. The van der Waals surface area contributed by atoms with Gasteiger partial charge in [-0.05, 0) is 49.1 Å². The molecule has 8 nitrogen and oxygen atoms in total. The first-order valence-corrected chi connectivity index (χ1v) is 11.1. The van der Waals surface area contributed by atoms with Gasteiger partial charge in [0.05, 0.1) is 17.8 Å². The molecule has 1 fully saturated rings. The predicted molar refractivity (Wildman–Crippen MR) is 122 cm³/mol. The Kier molecular flexibility index (Phi) is 6.76. The van der Waals surface area contributed by atoms with Crippen LogP contribution in [-0.4, -0.2) is 55.2 Å². The molecule has 0 radical (unpaired) electrons. The van der Waals surface area contributed by atoms with Gasteiger partial charge in [0.1, 0.15) is 0 Å². The molecule has 9 heteroatoms. The molecule has 0 bridgehead atoms. The molecule has 0 saturated carbocycles. The van der Waals surface area contributed by atoms with Gasteiger partial charge in [0.25, 0.3) is 11.8 Å². The van der Waals surface area contributed by atoms with Gasteiger partial charge < -0.3 is 20.4 Å².